The molecule has 4 rings (SSSR count). The summed E-state index contributed by atoms with van der Waals surface area (Å²) in [6.07, 6.45) is 0. The highest BCUT2D eigenvalue weighted by atomic mass is 35.5. The van der Waals surface area contributed by atoms with Gasteiger partial charge < -0.3 is 5.32 Å². The average molecular weight is 421 g/mol. The van der Waals surface area contributed by atoms with Crippen LogP contribution in [0.5, 0.6) is 0 Å². The quantitative estimate of drug-likeness (QED) is 0.467. The van der Waals surface area contributed by atoms with E-state index in [1.165, 1.54) is 18.2 Å². The number of halogens is 2. The summed E-state index contributed by atoms with van der Waals surface area (Å²) < 4.78 is 15.0. The Morgan fingerprint density at radius 3 is 2.53 bits per heavy atom. The molecule has 0 saturated heterocycles. The van der Waals surface area contributed by atoms with Crippen LogP contribution in [0.25, 0.3) is 17.1 Å². The van der Waals surface area contributed by atoms with E-state index in [0.29, 0.717) is 16.5 Å². The molecule has 0 fully saturated rings. The van der Waals surface area contributed by atoms with E-state index in [2.05, 4.69) is 15.4 Å². The van der Waals surface area contributed by atoms with Crippen LogP contribution in [0.15, 0.2) is 66.7 Å². The van der Waals surface area contributed by atoms with Crippen molar-refractivity contribution in [3.8, 4) is 17.1 Å². The molecule has 1 amide bonds. The van der Waals surface area contributed by atoms with Crippen LogP contribution in [0.3, 0.4) is 0 Å². The maximum absolute atomic E-state index is 13.4. The topological polar surface area (TPSA) is 59.8 Å². The molecule has 0 saturated carbocycles. The van der Waals surface area contributed by atoms with Gasteiger partial charge >= 0.3 is 0 Å². The zero-order valence-corrected chi connectivity index (χ0v) is 17.1. The van der Waals surface area contributed by atoms with E-state index in [1.54, 1.807) is 22.9 Å². The van der Waals surface area contributed by atoms with Crippen molar-refractivity contribution in [2.24, 2.45) is 0 Å². The first-order valence-corrected chi connectivity index (χ1v) is 9.66. The number of rotatable bonds is 4. The van der Waals surface area contributed by atoms with Crippen LogP contribution in [0.1, 0.15) is 21.7 Å². The predicted octanol–water partition coefficient (Wildman–Crippen LogP) is 5.60. The third-order valence-corrected chi connectivity index (χ3v) is 4.95. The van der Waals surface area contributed by atoms with E-state index in [0.717, 1.165) is 22.4 Å². The average Bonchev–Trinajstić information content (AvgIpc) is 3.16. The van der Waals surface area contributed by atoms with E-state index in [1.807, 2.05) is 44.2 Å². The summed E-state index contributed by atoms with van der Waals surface area (Å²) in [5.41, 5.74) is 4.05. The summed E-state index contributed by atoms with van der Waals surface area (Å²) in [5, 5.41) is 7.61. The van der Waals surface area contributed by atoms with Crippen LogP contribution < -0.4 is 5.32 Å². The Labute approximate surface area is 178 Å². The van der Waals surface area contributed by atoms with Gasteiger partial charge in [0.05, 0.1) is 5.69 Å². The lowest BCUT2D eigenvalue weighted by Crippen LogP contribution is -2.14. The molecule has 0 bridgehead atoms. The Morgan fingerprint density at radius 2 is 1.80 bits per heavy atom. The fourth-order valence-corrected chi connectivity index (χ4v) is 3.20. The predicted molar refractivity (Wildman–Crippen MR) is 116 cm³/mol. The number of hydrogen-bond donors (Lipinski definition) is 1. The number of amides is 1. The van der Waals surface area contributed by atoms with Gasteiger partial charge in [-0.1, -0.05) is 35.9 Å². The van der Waals surface area contributed by atoms with Crippen molar-refractivity contribution in [1.29, 1.82) is 0 Å². The Balaban J connectivity index is 1.79. The van der Waals surface area contributed by atoms with Crippen LogP contribution in [0.4, 0.5) is 10.1 Å². The zero-order chi connectivity index (χ0) is 21.3. The molecule has 1 heterocycles. The highest BCUT2D eigenvalue weighted by Gasteiger charge is 2.19. The number of carbonyl (C=O) groups excluding carboxylic acids is 1. The molecule has 1 N–H and O–H groups in total. The molecule has 3 aromatic carbocycles. The highest BCUT2D eigenvalue weighted by Crippen LogP contribution is 2.25. The molecule has 1 aromatic heterocycles. The summed E-state index contributed by atoms with van der Waals surface area (Å²) in [7, 11) is 0. The molecule has 0 atom stereocenters. The van der Waals surface area contributed by atoms with Crippen molar-refractivity contribution >= 4 is 23.2 Å². The van der Waals surface area contributed by atoms with Gasteiger partial charge in [0.15, 0.2) is 5.82 Å². The second-order valence-electron chi connectivity index (χ2n) is 6.91. The number of nitrogens with zero attached hydrogens (tertiary/aromatic N) is 3. The van der Waals surface area contributed by atoms with E-state index in [9.17, 15) is 9.18 Å². The zero-order valence-electron chi connectivity index (χ0n) is 16.4. The fraction of sp³-hybridized carbons (Fsp3) is 0.0870. The van der Waals surface area contributed by atoms with Crippen molar-refractivity contribution in [2.75, 3.05) is 5.32 Å². The third kappa shape index (κ3) is 4.09. The van der Waals surface area contributed by atoms with Crippen molar-refractivity contribution in [2.45, 2.75) is 13.8 Å². The molecule has 0 spiro atoms. The van der Waals surface area contributed by atoms with Gasteiger partial charge in [0.25, 0.3) is 5.91 Å². The lowest BCUT2D eigenvalue weighted by molar-refractivity contribution is 0.101. The standard InChI is InChI=1S/C23H18ClFN4O/c1-14-9-10-20(11-15(14)2)29-22(16-5-3-6-17(24)12-16)27-21(28-29)23(30)26-19-8-4-7-18(25)13-19/h3-13H,1-2H3,(H,26,30). The SMILES string of the molecule is Cc1ccc(-n2nc(C(=O)Nc3cccc(F)c3)nc2-c2cccc(Cl)c2)cc1C. The molecule has 0 aliphatic carbocycles. The number of nitrogens with one attached hydrogen (secondary N) is 1. The third-order valence-electron chi connectivity index (χ3n) is 4.71. The van der Waals surface area contributed by atoms with Crippen LogP contribution in [0.2, 0.25) is 5.02 Å². The largest absolute Gasteiger partial charge is 0.319 e. The van der Waals surface area contributed by atoms with E-state index in [4.69, 9.17) is 11.6 Å². The summed E-state index contributed by atoms with van der Waals surface area (Å²) in [6.45, 7) is 4.03. The van der Waals surface area contributed by atoms with Gasteiger partial charge in [0, 0.05) is 16.3 Å². The summed E-state index contributed by atoms with van der Waals surface area (Å²) in [5.74, 6) is -0.537. The van der Waals surface area contributed by atoms with E-state index >= 15 is 0 Å². The summed E-state index contributed by atoms with van der Waals surface area (Å²) >= 11 is 6.16. The van der Waals surface area contributed by atoms with Gasteiger partial charge in [-0.3, -0.25) is 4.79 Å². The molecule has 150 valence electrons. The van der Waals surface area contributed by atoms with Crippen LogP contribution in [-0.4, -0.2) is 20.7 Å². The number of aromatic nitrogens is 3. The number of hydrogen-bond acceptors (Lipinski definition) is 3. The van der Waals surface area contributed by atoms with Gasteiger partial charge in [0.2, 0.25) is 5.82 Å². The van der Waals surface area contributed by atoms with Crippen LogP contribution in [-0.2, 0) is 0 Å². The molecular formula is C23H18ClFN4O. The Kier molecular flexibility index (Phi) is 5.33. The first kappa shape index (κ1) is 19.8. The van der Waals surface area contributed by atoms with Gasteiger partial charge in [-0.2, -0.15) is 0 Å². The monoisotopic (exact) mass is 420 g/mol. The van der Waals surface area contributed by atoms with Crippen molar-refractivity contribution in [3.05, 3.63) is 94.5 Å². The Hall–Kier alpha value is -3.51. The van der Waals surface area contributed by atoms with Gasteiger partial charge in [-0.25, -0.2) is 14.1 Å². The molecule has 4 aromatic rings. The summed E-state index contributed by atoms with van der Waals surface area (Å²) in [6, 6.07) is 18.7. The Bertz CT molecular complexity index is 1250. The first-order chi connectivity index (χ1) is 14.4. The number of benzene rings is 3. The summed E-state index contributed by atoms with van der Waals surface area (Å²) in [4.78, 5) is 17.2. The normalized spacial score (nSPS) is 10.8. The molecule has 5 nitrogen and oxygen atoms in total. The van der Waals surface area contributed by atoms with Crippen LogP contribution in [0, 0.1) is 19.7 Å². The number of aryl methyl sites for hydroxylation is 2. The number of anilines is 1. The van der Waals surface area contributed by atoms with E-state index < -0.39 is 11.7 Å². The smallest absolute Gasteiger partial charge is 0.295 e. The fourth-order valence-electron chi connectivity index (χ4n) is 3.01. The minimum atomic E-state index is -0.536. The molecule has 7 heteroatoms. The van der Waals surface area contributed by atoms with Crippen molar-refractivity contribution in [1.82, 2.24) is 14.8 Å². The van der Waals surface area contributed by atoms with Crippen molar-refractivity contribution < 1.29 is 9.18 Å². The molecule has 0 aliphatic rings. The molecule has 0 unspecified atom stereocenters. The second-order valence-corrected chi connectivity index (χ2v) is 7.35. The van der Waals surface area contributed by atoms with Gasteiger partial charge in [-0.15, -0.1) is 5.10 Å². The number of carbonyl (C=O) groups is 1. The lowest BCUT2D eigenvalue weighted by atomic mass is 10.1. The molecule has 0 aliphatic heterocycles. The minimum absolute atomic E-state index is 0.0348. The minimum Gasteiger partial charge on any atom is -0.319 e. The van der Waals surface area contributed by atoms with Gasteiger partial charge in [-0.05, 0) is 67.4 Å². The molecule has 0 radical (unpaired) electrons. The highest BCUT2D eigenvalue weighted by molar-refractivity contribution is 6.30. The van der Waals surface area contributed by atoms with E-state index in [-0.39, 0.29) is 5.82 Å². The maximum atomic E-state index is 13.4. The molecule has 30 heavy (non-hydrogen) atoms. The molecular weight excluding hydrogens is 403 g/mol. The van der Waals surface area contributed by atoms with Crippen molar-refractivity contribution in [3.63, 3.8) is 0 Å². The second kappa shape index (κ2) is 8.08. The van der Waals surface area contributed by atoms with Crippen LogP contribution >= 0.6 is 11.6 Å². The maximum Gasteiger partial charge on any atom is 0.295 e. The van der Waals surface area contributed by atoms with Gasteiger partial charge in [0.1, 0.15) is 5.82 Å². The first-order valence-electron chi connectivity index (χ1n) is 9.28. The lowest BCUT2D eigenvalue weighted by Gasteiger charge is -2.08. The Morgan fingerprint density at radius 1 is 1.00 bits per heavy atom.